The molecule has 2 amide bonds. The molecule has 35 heavy (non-hydrogen) atoms. The Morgan fingerprint density at radius 3 is 2.60 bits per heavy atom. The van der Waals surface area contributed by atoms with E-state index in [-0.39, 0.29) is 11.8 Å². The maximum Gasteiger partial charge on any atom is 0.265 e. The minimum absolute atomic E-state index is 0.0189. The van der Waals surface area contributed by atoms with Crippen molar-refractivity contribution in [3.8, 4) is 0 Å². The van der Waals surface area contributed by atoms with Gasteiger partial charge >= 0.3 is 0 Å². The topological polar surface area (TPSA) is 58.6 Å². The van der Waals surface area contributed by atoms with E-state index in [1.54, 1.807) is 19.2 Å². The van der Waals surface area contributed by atoms with Crippen molar-refractivity contribution >= 4 is 35.3 Å². The summed E-state index contributed by atoms with van der Waals surface area (Å²) >= 11 is 1.49. The van der Waals surface area contributed by atoms with Crippen molar-refractivity contribution in [3.05, 3.63) is 99.5 Å². The molecule has 1 aliphatic heterocycles. The number of anilines is 1. The number of carbonyl (C=O) groups is 2. The first-order valence-corrected chi connectivity index (χ1v) is 12.5. The van der Waals surface area contributed by atoms with Gasteiger partial charge in [-0.3, -0.25) is 9.59 Å². The number of para-hydroxylation sites is 1. The van der Waals surface area contributed by atoms with Crippen molar-refractivity contribution < 1.29 is 14.3 Å². The van der Waals surface area contributed by atoms with Crippen molar-refractivity contribution in [2.24, 2.45) is 0 Å². The first-order valence-electron chi connectivity index (χ1n) is 11.7. The third-order valence-corrected chi connectivity index (χ3v) is 7.02. The molecule has 0 unspecified atom stereocenters. The first-order chi connectivity index (χ1) is 17.0. The molecular weight excluding hydrogens is 456 g/mol. The molecule has 0 radical (unpaired) electrons. The van der Waals surface area contributed by atoms with Crippen LogP contribution in [0, 0.1) is 13.8 Å². The van der Waals surface area contributed by atoms with E-state index in [1.807, 2.05) is 47.4 Å². The van der Waals surface area contributed by atoms with Gasteiger partial charge in [0.2, 0.25) is 0 Å². The van der Waals surface area contributed by atoms with Crippen molar-refractivity contribution in [3.63, 3.8) is 0 Å². The number of carbonyl (C=O) groups excluding carboxylic acids is 2. The highest BCUT2D eigenvalue weighted by molar-refractivity contribution is 8.04. The van der Waals surface area contributed by atoms with Crippen LogP contribution in [0.15, 0.2) is 76.5 Å². The number of hydrogen-bond acceptors (Lipinski definition) is 4. The van der Waals surface area contributed by atoms with Gasteiger partial charge in [0, 0.05) is 30.7 Å². The van der Waals surface area contributed by atoms with Gasteiger partial charge in [-0.2, -0.15) is 0 Å². The number of aryl methyl sites for hydroxylation is 2. The highest BCUT2D eigenvalue weighted by Gasteiger charge is 2.29. The third-order valence-electron chi connectivity index (χ3n) is 5.95. The molecule has 4 rings (SSSR count). The normalized spacial score (nSPS) is 14.2. The van der Waals surface area contributed by atoms with Crippen LogP contribution in [0.1, 0.15) is 39.0 Å². The van der Waals surface area contributed by atoms with E-state index in [9.17, 15) is 9.59 Å². The SMILES string of the molecule is COCCCNC(=O)c1ccc(C=C2Sc3ccccc3N(Cc3cc(C)ccc3C)C2=O)cc1. The van der Waals surface area contributed by atoms with Gasteiger partial charge in [0.15, 0.2) is 0 Å². The number of fused-ring (bicyclic) bond motifs is 1. The summed E-state index contributed by atoms with van der Waals surface area (Å²) in [6, 6.07) is 21.7. The lowest BCUT2D eigenvalue weighted by molar-refractivity contribution is -0.114. The van der Waals surface area contributed by atoms with Crippen LogP contribution in [0.4, 0.5) is 5.69 Å². The quantitative estimate of drug-likeness (QED) is 0.325. The van der Waals surface area contributed by atoms with Gasteiger partial charge in [0.1, 0.15) is 0 Å². The second-order valence-electron chi connectivity index (χ2n) is 8.62. The molecule has 3 aromatic carbocycles. The van der Waals surface area contributed by atoms with Gasteiger partial charge in [-0.15, -0.1) is 0 Å². The number of benzene rings is 3. The fourth-order valence-electron chi connectivity index (χ4n) is 3.96. The first kappa shape index (κ1) is 24.8. The summed E-state index contributed by atoms with van der Waals surface area (Å²) in [5.74, 6) is -0.133. The summed E-state index contributed by atoms with van der Waals surface area (Å²) < 4.78 is 5.01. The van der Waals surface area contributed by atoms with Crippen LogP contribution in [0.3, 0.4) is 0 Å². The summed E-state index contributed by atoms with van der Waals surface area (Å²) in [5.41, 5.74) is 5.88. The fraction of sp³-hybridized carbons (Fsp3) is 0.241. The number of hydrogen-bond donors (Lipinski definition) is 1. The second kappa shape index (κ2) is 11.4. The van der Waals surface area contributed by atoms with Crippen LogP contribution in [0.25, 0.3) is 6.08 Å². The summed E-state index contributed by atoms with van der Waals surface area (Å²) in [5, 5.41) is 2.89. The lowest BCUT2D eigenvalue weighted by Crippen LogP contribution is -2.34. The lowest BCUT2D eigenvalue weighted by atomic mass is 10.0. The maximum absolute atomic E-state index is 13.6. The zero-order chi connectivity index (χ0) is 24.8. The Hall–Kier alpha value is -3.35. The number of methoxy groups -OCH3 is 1. The Morgan fingerprint density at radius 2 is 1.83 bits per heavy atom. The molecule has 0 bridgehead atoms. The molecule has 6 heteroatoms. The van der Waals surface area contributed by atoms with E-state index in [0.717, 1.165) is 28.1 Å². The zero-order valence-corrected chi connectivity index (χ0v) is 21.2. The molecular formula is C29H30N2O3S. The van der Waals surface area contributed by atoms with Gasteiger partial charge in [-0.1, -0.05) is 59.8 Å². The Labute approximate surface area is 211 Å². The number of rotatable bonds is 8. The summed E-state index contributed by atoms with van der Waals surface area (Å²) in [6.45, 7) is 5.85. The van der Waals surface area contributed by atoms with Crippen molar-refractivity contribution in [2.75, 3.05) is 25.2 Å². The molecule has 3 aromatic rings. The number of nitrogens with one attached hydrogen (secondary N) is 1. The van der Waals surface area contributed by atoms with Crippen LogP contribution in [-0.2, 0) is 16.1 Å². The fourth-order valence-corrected chi connectivity index (χ4v) is 5.02. The molecule has 1 aliphatic rings. The molecule has 0 aromatic heterocycles. The zero-order valence-electron chi connectivity index (χ0n) is 20.3. The van der Waals surface area contributed by atoms with Crippen molar-refractivity contribution in [1.29, 1.82) is 0 Å². The van der Waals surface area contributed by atoms with E-state index in [2.05, 4.69) is 37.4 Å². The average Bonchev–Trinajstić information content (AvgIpc) is 2.86. The van der Waals surface area contributed by atoms with Gasteiger partial charge < -0.3 is 15.0 Å². The minimum Gasteiger partial charge on any atom is -0.385 e. The largest absolute Gasteiger partial charge is 0.385 e. The summed E-state index contributed by atoms with van der Waals surface area (Å²) in [4.78, 5) is 29.5. The summed E-state index contributed by atoms with van der Waals surface area (Å²) in [7, 11) is 1.64. The molecule has 1 N–H and O–H groups in total. The van der Waals surface area contributed by atoms with Gasteiger partial charge in [-0.05, 0) is 67.3 Å². The van der Waals surface area contributed by atoms with E-state index in [0.29, 0.717) is 30.2 Å². The van der Waals surface area contributed by atoms with Gasteiger partial charge in [-0.25, -0.2) is 0 Å². The van der Waals surface area contributed by atoms with E-state index >= 15 is 0 Å². The van der Waals surface area contributed by atoms with Crippen molar-refractivity contribution in [2.45, 2.75) is 31.7 Å². The molecule has 0 atom stereocenters. The Balaban J connectivity index is 1.56. The number of amides is 2. The highest BCUT2D eigenvalue weighted by Crippen LogP contribution is 2.42. The Morgan fingerprint density at radius 1 is 1.06 bits per heavy atom. The van der Waals surface area contributed by atoms with Crippen LogP contribution in [0.2, 0.25) is 0 Å². The smallest absolute Gasteiger partial charge is 0.265 e. The molecule has 0 fully saturated rings. The van der Waals surface area contributed by atoms with E-state index in [1.165, 1.54) is 22.9 Å². The van der Waals surface area contributed by atoms with Crippen LogP contribution in [-0.4, -0.2) is 32.1 Å². The third kappa shape index (κ3) is 6.02. The predicted octanol–water partition coefficient (Wildman–Crippen LogP) is 5.75. The van der Waals surface area contributed by atoms with Gasteiger partial charge in [0.05, 0.1) is 17.1 Å². The van der Waals surface area contributed by atoms with Crippen LogP contribution < -0.4 is 10.2 Å². The van der Waals surface area contributed by atoms with E-state index in [4.69, 9.17) is 4.74 Å². The predicted molar refractivity (Wildman–Crippen MR) is 143 cm³/mol. The molecule has 0 aliphatic carbocycles. The van der Waals surface area contributed by atoms with Crippen LogP contribution in [0.5, 0.6) is 0 Å². The Kier molecular flexibility index (Phi) is 8.06. The van der Waals surface area contributed by atoms with Crippen LogP contribution >= 0.6 is 11.8 Å². The minimum atomic E-state index is -0.114. The highest BCUT2D eigenvalue weighted by atomic mass is 32.2. The molecule has 180 valence electrons. The number of ether oxygens (including phenoxy) is 1. The number of nitrogens with zero attached hydrogens (tertiary/aromatic N) is 1. The monoisotopic (exact) mass is 486 g/mol. The standard InChI is InChI=1S/C29H30N2O3S/c1-20-9-10-21(2)24(17-20)19-31-25-7-4-5-8-26(25)35-27(29(31)33)18-22-11-13-23(14-12-22)28(32)30-15-6-16-34-3/h4-5,7-14,17-18H,6,15-16,19H2,1-3H3,(H,30,32). The molecule has 0 spiro atoms. The van der Waals surface area contributed by atoms with E-state index < -0.39 is 0 Å². The average molecular weight is 487 g/mol. The number of thioether (sulfide) groups is 1. The lowest BCUT2D eigenvalue weighted by Gasteiger charge is -2.31. The second-order valence-corrected chi connectivity index (χ2v) is 9.71. The molecule has 0 saturated carbocycles. The van der Waals surface area contributed by atoms with Gasteiger partial charge in [0.25, 0.3) is 11.8 Å². The van der Waals surface area contributed by atoms with Crippen molar-refractivity contribution in [1.82, 2.24) is 5.32 Å². The molecule has 0 saturated heterocycles. The summed E-state index contributed by atoms with van der Waals surface area (Å²) in [6.07, 6.45) is 2.67. The maximum atomic E-state index is 13.6. The Bertz CT molecular complexity index is 1250. The molecule has 1 heterocycles. The molecule has 5 nitrogen and oxygen atoms in total.